The fourth-order valence-electron chi connectivity index (χ4n) is 2.87. The maximum atomic E-state index is 11.8. The maximum Gasteiger partial charge on any atom is 0.312 e. The minimum Gasteiger partial charge on any atom is -0.481 e. The second-order valence-electron chi connectivity index (χ2n) is 5.19. The minimum atomic E-state index is -3.46. The summed E-state index contributed by atoms with van der Waals surface area (Å²) in [6, 6.07) is 7.24. The lowest BCUT2D eigenvalue weighted by Crippen LogP contribution is -2.31. The van der Waals surface area contributed by atoms with E-state index in [2.05, 4.69) is 0 Å². The van der Waals surface area contributed by atoms with Gasteiger partial charge in [0.05, 0.1) is 5.25 Å². The predicted octanol–water partition coefficient (Wildman–Crippen LogP) is 0.535. The van der Waals surface area contributed by atoms with Crippen molar-refractivity contribution >= 4 is 15.8 Å². The third kappa shape index (κ3) is 2.04. The molecule has 0 heterocycles. The Kier molecular flexibility index (Phi) is 3.18. The zero-order valence-corrected chi connectivity index (χ0v) is 11.6. The summed E-state index contributed by atoms with van der Waals surface area (Å²) in [4.78, 5) is 11.5. The molecule has 104 valence electrons. The standard InChI is InChI=1S/C13H17NO4S/c1-8-3-5-9(6-4-8)10-11(19(2,17)18)13(10,7-14)12(15)16/h3-6,10-11H,7,14H2,1-2H3,(H,15,16)/t10-,11+,13-/m1/s1. The highest BCUT2D eigenvalue weighted by Crippen LogP contribution is 2.62. The van der Waals surface area contributed by atoms with Gasteiger partial charge in [0.15, 0.2) is 9.84 Å². The van der Waals surface area contributed by atoms with Crippen LogP contribution in [0.25, 0.3) is 0 Å². The molecule has 0 saturated heterocycles. The van der Waals surface area contributed by atoms with E-state index in [9.17, 15) is 18.3 Å². The summed E-state index contributed by atoms with van der Waals surface area (Å²) in [6.07, 6.45) is 1.07. The maximum absolute atomic E-state index is 11.8. The Balaban J connectivity index is 2.50. The molecule has 0 aliphatic heterocycles. The molecule has 1 saturated carbocycles. The van der Waals surface area contributed by atoms with Crippen molar-refractivity contribution in [3.63, 3.8) is 0 Å². The molecule has 0 amide bonds. The molecule has 0 unspecified atom stereocenters. The minimum absolute atomic E-state index is 0.182. The van der Waals surface area contributed by atoms with Gasteiger partial charge in [0.2, 0.25) is 0 Å². The number of carboxylic acid groups (broad SMARTS) is 1. The fourth-order valence-corrected chi connectivity index (χ4v) is 4.79. The topological polar surface area (TPSA) is 97.5 Å². The third-order valence-electron chi connectivity index (χ3n) is 3.89. The zero-order valence-electron chi connectivity index (χ0n) is 10.8. The van der Waals surface area contributed by atoms with Gasteiger partial charge < -0.3 is 10.8 Å². The Labute approximate surface area is 112 Å². The fraction of sp³-hybridized carbons (Fsp3) is 0.462. The normalized spacial score (nSPS) is 30.1. The Morgan fingerprint density at radius 1 is 1.37 bits per heavy atom. The highest BCUT2D eigenvalue weighted by atomic mass is 32.2. The van der Waals surface area contributed by atoms with E-state index in [1.54, 1.807) is 12.1 Å². The van der Waals surface area contributed by atoms with Crippen molar-refractivity contribution in [3.05, 3.63) is 35.4 Å². The van der Waals surface area contributed by atoms with Crippen molar-refractivity contribution in [3.8, 4) is 0 Å². The molecule has 1 aromatic carbocycles. The third-order valence-corrected chi connectivity index (χ3v) is 5.51. The highest BCUT2D eigenvalue weighted by molar-refractivity contribution is 7.91. The Bertz CT molecular complexity index is 608. The van der Waals surface area contributed by atoms with Crippen molar-refractivity contribution in [1.29, 1.82) is 0 Å². The first-order chi connectivity index (χ1) is 8.75. The van der Waals surface area contributed by atoms with Crippen LogP contribution < -0.4 is 5.73 Å². The number of carboxylic acids is 1. The molecular weight excluding hydrogens is 266 g/mol. The number of rotatable bonds is 4. The summed E-state index contributed by atoms with van der Waals surface area (Å²) in [5, 5.41) is 8.44. The summed E-state index contributed by atoms with van der Waals surface area (Å²) in [7, 11) is -3.46. The van der Waals surface area contributed by atoms with Crippen LogP contribution in [-0.2, 0) is 14.6 Å². The first-order valence-corrected chi connectivity index (χ1v) is 7.89. The average molecular weight is 283 g/mol. The van der Waals surface area contributed by atoms with E-state index in [0.717, 1.165) is 11.8 Å². The van der Waals surface area contributed by atoms with Gasteiger partial charge in [-0.05, 0) is 12.5 Å². The summed E-state index contributed by atoms with van der Waals surface area (Å²) >= 11 is 0. The molecule has 1 fully saturated rings. The van der Waals surface area contributed by atoms with Crippen molar-refractivity contribution in [2.24, 2.45) is 11.1 Å². The van der Waals surface area contributed by atoms with Crippen molar-refractivity contribution < 1.29 is 18.3 Å². The molecule has 5 nitrogen and oxygen atoms in total. The molecule has 0 spiro atoms. The monoisotopic (exact) mass is 283 g/mol. The summed E-state index contributed by atoms with van der Waals surface area (Å²) in [5.74, 6) is -1.71. The summed E-state index contributed by atoms with van der Waals surface area (Å²) < 4.78 is 23.6. The van der Waals surface area contributed by atoms with Crippen LogP contribution in [0, 0.1) is 12.3 Å². The lowest BCUT2D eigenvalue weighted by Gasteiger charge is -2.09. The lowest BCUT2D eigenvalue weighted by atomic mass is 9.99. The smallest absolute Gasteiger partial charge is 0.312 e. The number of carbonyl (C=O) groups is 1. The highest BCUT2D eigenvalue weighted by Gasteiger charge is 2.74. The van der Waals surface area contributed by atoms with Gasteiger partial charge >= 0.3 is 5.97 Å². The van der Waals surface area contributed by atoms with Gasteiger partial charge in [0.1, 0.15) is 5.41 Å². The number of aryl methyl sites for hydroxylation is 1. The van der Waals surface area contributed by atoms with Gasteiger partial charge in [-0.2, -0.15) is 0 Å². The van der Waals surface area contributed by atoms with Gasteiger partial charge in [-0.1, -0.05) is 29.8 Å². The molecule has 6 heteroatoms. The largest absolute Gasteiger partial charge is 0.481 e. The van der Waals surface area contributed by atoms with E-state index < -0.39 is 32.4 Å². The molecule has 2 rings (SSSR count). The number of sulfone groups is 1. The number of hydrogen-bond acceptors (Lipinski definition) is 4. The summed E-state index contributed by atoms with van der Waals surface area (Å²) in [6.45, 7) is 1.73. The molecule has 3 atom stereocenters. The molecule has 0 radical (unpaired) electrons. The average Bonchev–Trinajstić information content (AvgIpc) is 3.00. The quantitative estimate of drug-likeness (QED) is 0.840. The Morgan fingerprint density at radius 2 is 1.89 bits per heavy atom. The van der Waals surface area contributed by atoms with Gasteiger partial charge in [0, 0.05) is 18.7 Å². The molecule has 0 aromatic heterocycles. The Morgan fingerprint density at radius 3 is 2.21 bits per heavy atom. The van der Waals surface area contributed by atoms with Gasteiger partial charge in [-0.15, -0.1) is 0 Å². The molecule has 19 heavy (non-hydrogen) atoms. The first-order valence-electron chi connectivity index (χ1n) is 5.94. The molecule has 0 bridgehead atoms. The van der Waals surface area contributed by atoms with Crippen LogP contribution in [0.2, 0.25) is 0 Å². The van der Waals surface area contributed by atoms with Gasteiger partial charge in [0.25, 0.3) is 0 Å². The second-order valence-corrected chi connectivity index (χ2v) is 7.36. The van der Waals surface area contributed by atoms with E-state index >= 15 is 0 Å². The van der Waals surface area contributed by atoms with E-state index in [4.69, 9.17) is 5.73 Å². The van der Waals surface area contributed by atoms with E-state index in [1.165, 1.54) is 0 Å². The first kappa shape index (κ1) is 14.0. The lowest BCUT2D eigenvalue weighted by molar-refractivity contribution is -0.143. The van der Waals surface area contributed by atoms with E-state index in [-0.39, 0.29) is 6.54 Å². The second kappa shape index (κ2) is 4.31. The van der Waals surface area contributed by atoms with Crippen LogP contribution in [0.4, 0.5) is 0 Å². The van der Waals surface area contributed by atoms with Gasteiger partial charge in [-0.3, -0.25) is 4.79 Å². The van der Waals surface area contributed by atoms with Crippen molar-refractivity contribution in [2.75, 3.05) is 12.8 Å². The number of hydrogen-bond donors (Lipinski definition) is 2. The van der Waals surface area contributed by atoms with Crippen LogP contribution in [0.5, 0.6) is 0 Å². The van der Waals surface area contributed by atoms with Crippen LogP contribution in [0.3, 0.4) is 0 Å². The molecule has 1 aromatic rings. The SMILES string of the molecule is Cc1ccc([C@@H]2[C@H](S(C)(=O)=O)[C@]2(CN)C(=O)O)cc1. The number of benzene rings is 1. The molecule has 3 N–H and O–H groups in total. The Hall–Kier alpha value is -1.40. The molecule has 1 aliphatic carbocycles. The van der Waals surface area contributed by atoms with Gasteiger partial charge in [-0.25, -0.2) is 8.42 Å². The van der Waals surface area contributed by atoms with Crippen LogP contribution >= 0.6 is 0 Å². The number of aliphatic carboxylic acids is 1. The molecule has 1 aliphatic rings. The van der Waals surface area contributed by atoms with Crippen LogP contribution in [0.1, 0.15) is 17.0 Å². The van der Waals surface area contributed by atoms with Crippen LogP contribution in [-0.4, -0.2) is 37.5 Å². The van der Waals surface area contributed by atoms with Crippen molar-refractivity contribution in [1.82, 2.24) is 0 Å². The molecular formula is C13H17NO4S. The van der Waals surface area contributed by atoms with Crippen molar-refractivity contribution in [2.45, 2.75) is 18.1 Å². The van der Waals surface area contributed by atoms with Crippen LogP contribution in [0.15, 0.2) is 24.3 Å². The van der Waals surface area contributed by atoms with E-state index in [1.807, 2.05) is 19.1 Å². The zero-order chi connectivity index (χ0) is 14.4. The predicted molar refractivity (Wildman–Crippen MR) is 71.7 cm³/mol. The number of nitrogens with two attached hydrogens (primary N) is 1. The summed E-state index contributed by atoms with van der Waals surface area (Å²) in [5.41, 5.74) is 5.94. The van der Waals surface area contributed by atoms with E-state index in [0.29, 0.717) is 5.56 Å².